The Balaban J connectivity index is 1.37. The van der Waals surface area contributed by atoms with Crippen LogP contribution in [0.3, 0.4) is 0 Å². The van der Waals surface area contributed by atoms with Gasteiger partial charge in [-0.15, -0.1) is 0 Å². The largest absolute Gasteiger partial charge is 0.489 e. The zero-order chi connectivity index (χ0) is 23.5. The van der Waals surface area contributed by atoms with Gasteiger partial charge in [0, 0.05) is 5.70 Å². The molecule has 0 bridgehead atoms. The molecule has 0 radical (unpaired) electrons. The van der Waals surface area contributed by atoms with Crippen molar-refractivity contribution in [2.24, 2.45) is 0 Å². The van der Waals surface area contributed by atoms with Gasteiger partial charge in [0.1, 0.15) is 24.5 Å². The Kier molecular flexibility index (Phi) is 6.29. The van der Waals surface area contributed by atoms with Crippen molar-refractivity contribution >= 4 is 11.9 Å². The van der Waals surface area contributed by atoms with Gasteiger partial charge in [0.25, 0.3) is 0 Å². The van der Waals surface area contributed by atoms with Crippen LogP contribution in [-0.2, 0) is 16.1 Å². The number of hydrogen-bond acceptors (Lipinski definition) is 7. The minimum Gasteiger partial charge on any atom is -0.489 e. The van der Waals surface area contributed by atoms with E-state index in [1.54, 1.807) is 4.68 Å². The predicted octanol–water partition coefficient (Wildman–Crippen LogP) is 4.73. The lowest BCUT2D eigenvalue weighted by molar-refractivity contribution is -0.146. The summed E-state index contributed by atoms with van der Waals surface area (Å²) in [5.41, 5.74) is 4.43. The van der Waals surface area contributed by atoms with Gasteiger partial charge in [0.15, 0.2) is 0 Å². The van der Waals surface area contributed by atoms with Crippen LogP contribution in [-0.4, -0.2) is 32.3 Å². The summed E-state index contributed by atoms with van der Waals surface area (Å²) in [6, 6.07) is 15.5. The first-order valence-electron chi connectivity index (χ1n) is 11.8. The van der Waals surface area contributed by atoms with Crippen molar-refractivity contribution in [2.45, 2.75) is 64.7 Å². The quantitative estimate of drug-likeness (QED) is 0.533. The van der Waals surface area contributed by atoms with Gasteiger partial charge in [0.2, 0.25) is 5.95 Å². The van der Waals surface area contributed by atoms with E-state index in [0.717, 1.165) is 42.6 Å². The number of hydrogen-bond donors (Lipinski definition) is 1. The zero-order valence-electron chi connectivity index (χ0n) is 19.5. The molecule has 1 fully saturated rings. The molecule has 1 aliphatic heterocycles. The van der Waals surface area contributed by atoms with Gasteiger partial charge in [-0.05, 0) is 73.2 Å². The van der Waals surface area contributed by atoms with Gasteiger partial charge in [-0.3, -0.25) is 0 Å². The van der Waals surface area contributed by atoms with Crippen molar-refractivity contribution in [3.05, 3.63) is 76.5 Å². The average Bonchev–Trinajstić information content (AvgIpc) is 3.31. The molecule has 2 heterocycles. The predicted molar refractivity (Wildman–Crippen MR) is 127 cm³/mol. The van der Waals surface area contributed by atoms with Crippen LogP contribution in [0.4, 0.5) is 5.95 Å². The van der Waals surface area contributed by atoms with Crippen LogP contribution in [0, 0.1) is 6.92 Å². The number of allylic oxidation sites excluding steroid dienone is 1. The molecule has 1 saturated carbocycles. The Hall–Kier alpha value is -3.68. The maximum atomic E-state index is 13.3. The van der Waals surface area contributed by atoms with Crippen LogP contribution < -0.4 is 10.1 Å². The fourth-order valence-electron chi connectivity index (χ4n) is 4.70. The third-order valence-corrected chi connectivity index (χ3v) is 6.44. The number of carbonyl (C=O) groups excluding carboxylic acids is 1. The van der Waals surface area contributed by atoms with Gasteiger partial charge in [-0.2, -0.15) is 4.68 Å². The van der Waals surface area contributed by atoms with Gasteiger partial charge < -0.3 is 14.8 Å². The van der Waals surface area contributed by atoms with Crippen LogP contribution in [0.5, 0.6) is 5.75 Å². The van der Waals surface area contributed by atoms with Crippen molar-refractivity contribution in [2.75, 3.05) is 5.32 Å². The first-order valence-corrected chi connectivity index (χ1v) is 11.8. The summed E-state index contributed by atoms with van der Waals surface area (Å²) in [7, 11) is 0. The molecule has 1 unspecified atom stereocenters. The second-order valence-electron chi connectivity index (χ2n) is 9.03. The zero-order valence-corrected chi connectivity index (χ0v) is 19.5. The van der Waals surface area contributed by atoms with Gasteiger partial charge in [-0.1, -0.05) is 53.5 Å². The lowest BCUT2D eigenvalue weighted by atomic mass is 9.95. The molecule has 0 saturated heterocycles. The van der Waals surface area contributed by atoms with Crippen molar-refractivity contribution in [3.63, 3.8) is 0 Å². The first kappa shape index (κ1) is 22.1. The van der Waals surface area contributed by atoms with Crippen LogP contribution in [0.1, 0.15) is 61.8 Å². The van der Waals surface area contributed by atoms with Crippen LogP contribution >= 0.6 is 0 Å². The second kappa shape index (κ2) is 9.67. The number of nitrogens with one attached hydrogen (secondary N) is 1. The molecule has 5 rings (SSSR count). The van der Waals surface area contributed by atoms with Crippen molar-refractivity contribution in [1.29, 1.82) is 0 Å². The normalized spacial score (nSPS) is 18.2. The fourth-order valence-corrected chi connectivity index (χ4v) is 4.70. The van der Waals surface area contributed by atoms with Gasteiger partial charge >= 0.3 is 5.97 Å². The number of ether oxygens (including phenoxy) is 2. The highest BCUT2D eigenvalue weighted by atomic mass is 16.5. The molecule has 2 aromatic carbocycles. The third kappa shape index (κ3) is 4.66. The van der Waals surface area contributed by atoms with Gasteiger partial charge in [-0.25, -0.2) is 4.79 Å². The molecule has 1 atom stereocenters. The van der Waals surface area contributed by atoms with E-state index < -0.39 is 6.04 Å². The highest BCUT2D eigenvalue weighted by molar-refractivity contribution is 5.92. The summed E-state index contributed by atoms with van der Waals surface area (Å²) in [5.74, 6) is 0.933. The summed E-state index contributed by atoms with van der Waals surface area (Å²) in [6.45, 7) is 4.42. The topological polar surface area (TPSA) is 91.2 Å². The number of esters is 1. The molecule has 0 spiro atoms. The molecule has 8 heteroatoms. The van der Waals surface area contributed by atoms with Gasteiger partial charge in [0.05, 0.1) is 5.57 Å². The van der Waals surface area contributed by atoms with E-state index >= 15 is 0 Å². The number of aryl methyl sites for hydroxylation is 1. The lowest BCUT2D eigenvalue weighted by Gasteiger charge is -2.29. The Morgan fingerprint density at radius 1 is 1.09 bits per heavy atom. The van der Waals surface area contributed by atoms with Crippen LogP contribution in [0.15, 0.2) is 59.8 Å². The molecular weight excluding hydrogens is 430 g/mol. The maximum Gasteiger partial charge on any atom is 0.338 e. The molecule has 8 nitrogen and oxygen atoms in total. The first-order chi connectivity index (χ1) is 16.6. The van der Waals surface area contributed by atoms with Crippen LogP contribution in [0.25, 0.3) is 0 Å². The molecule has 3 aromatic rings. The number of benzene rings is 2. The SMILES string of the molecule is CC1=C(C(=O)OC2CCCCC2)C(c2ccc(OCc3cccc(C)c3)cc2)n2nnnc2N1. The minimum absolute atomic E-state index is 0.0325. The standard InChI is InChI=1S/C26H29N5O3/c1-17-7-6-8-19(15-17)16-33-21-13-11-20(12-14-21)24-23(18(2)27-26-28-29-30-31(24)26)25(32)34-22-9-4-3-5-10-22/h6-8,11-15,22,24H,3-5,9-10,16H2,1-2H3,(H,27,28,30). The number of fused-ring (bicyclic) bond motifs is 1. The Morgan fingerprint density at radius 3 is 2.65 bits per heavy atom. The molecule has 1 N–H and O–H groups in total. The average molecular weight is 460 g/mol. The molecule has 0 amide bonds. The molecular formula is C26H29N5O3. The van der Waals surface area contributed by atoms with Crippen molar-refractivity contribution < 1.29 is 14.3 Å². The van der Waals surface area contributed by atoms with E-state index in [9.17, 15) is 4.79 Å². The molecule has 2 aliphatic rings. The number of tetrazole rings is 1. The number of carbonyl (C=O) groups is 1. The monoisotopic (exact) mass is 459 g/mol. The Morgan fingerprint density at radius 2 is 1.88 bits per heavy atom. The second-order valence-corrected chi connectivity index (χ2v) is 9.03. The third-order valence-electron chi connectivity index (χ3n) is 6.44. The number of rotatable bonds is 6. The lowest BCUT2D eigenvalue weighted by Crippen LogP contribution is -2.32. The smallest absolute Gasteiger partial charge is 0.338 e. The highest BCUT2D eigenvalue weighted by Crippen LogP contribution is 2.36. The summed E-state index contributed by atoms with van der Waals surface area (Å²) in [5, 5.41) is 15.2. The molecule has 34 heavy (non-hydrogen) atoms. The van der Waals surface area contributed by atoms with E-state index in [1.807, 2.05) is 43.3 Å². The van der Waals surface area contributed by atoms with E-state index in [4.69, 9.17) is 9.47 Å². The number of aromatic nitrogens is 4. The van der Waals surface area contributed by atoms with E-state index in [0.29, 0.717) is 23.8 Å². The molecule has 176 valence electrons. The molecule has 1 aromatic heterocycles. The Labute approximate surface area is 199 Å². The minimum atomic E-state index is -0.479. The maximum absolute atomic E-state index is 13.3. The van der Waals surface area contributed by atoms with E-state index in [2.05, 4.69) is 39.9 Å². The van der Waals surface area contributed by atoms with Crippen LogP contribution in [0.2, 0.25) is 0 Å². The number of nitrogens with zero attached hydrogens (tertiary/aromatic N) is 4. The highest BCUT2D eigenvalue weighted by Gasteiger charge is 2.36. The van der Waals surface area contributed by atoms with Crippen molar-refractivity contribution in [1.82, 2.24) is 20.2 Å². The fraction of sp³-hybridized carbons (Fsp3) is 0.385. The summed E-state index contributed by atoms with van der Waals surface area (Å²) >= 11 is 0. The van der Waals surface area contributed by atoms with Crippen molar-refractivity contribution in [3.8, 4) is 5.75 Å². The summed E-state index contributed by atoms with van der Waals surface area (Å²) < 4.78 is 13.5. The van der Waals surface area contributed by atoms with E-state index in [-0.39, 0.29) is 12.1 Å². The van der Waals surface area contributed by atoms with E-state index in [1.165, 1.54) is 12.0 Å². The summed E-state index contributed by atoms with van der Waals surface area (Å²) in [4.78, 5) is 13.3. The number of anilines is 1. The summed E-state index contributed by atoms with van der Waals surface area (Å²) in [6.07, 6.45) is 5.19. The Bertz CT molecular complexity index is 1200. The molecule has 1 aliphatic carbocycles.